The normalized spacial score (nSPS) is 10.3. The third kappa shape index (κ3) is 5.84. The number of nitrogens with zero attached hydrogens (tertiary/aromatic N) is 1. The Morgan fingerprint density at radius 1 is 1.71 bits per heavy atom. The molecule has 0 saturated carbocycles. The molecule has 0 radical (unpaired) electrons. The van der Waals surface area contributed by atoms with E-state index >= 15 is 0 Å². The minimum absolute atomic E-state index is 0.132. The Kier molecular flexibility index (Phi) is 3.92. The smallest absolute Gasteiger partial charge is 0.0969 e. The maximum absolute atomic E-state index is 8.33. The second kappa shape index (κ2) is 4.01. The van der Waals surface area contributed by atoms with Crippen LogP contribution in [0.5, 0.6) is 0 Å². The summed E-state index contributed by atoms with van der Waals surface area (Å²) in [6.07, 6.45) is 0. The van der Waals surface area contributed by atoms with E-state index in [0.717, 1.165) is 5.06 Å². The van der Waals surface area contributed by atoms with Gasteiger partial charge in [-0.15, -0.1) is 0 Å². The number of rotatable bonds is 3. The van der Waals surface area contributed by atoms with Crippen molar-refractivity contribution in [2.24, 2.45) is 0 Å². The highest BCUT2D eigenvalue weighted by atomic mass is 17.1. The molecule has 4 heteroatoms. The van der Waals surface area contributed by atoms with Crippen LogP contribution in [0.15, 0.2) is 0 Å². The molecule has 4 nitrogen and oxygen atoms in total. The van der Waals surface area contributed by atoms with Gasteiger partial charge < -0.3 is 5.21 Å². The Balaban J connectivity index is 2.68. The Morgan fingerprint density at radius 2 is 2.29 bits per heavy atom. The van der Waals surface area contributed by atoms with E-state index in [4.69, 9.17) is 10.5 Å². The third-order valence-corrected chi connectivity index (χ3v) is 0.506. The molecule has 2 N–H and O–H groups in total. The van der Waals surface area contributed by atoms with E-state index in [1.807, 2.05) is 0 Å². The van der Waals surface area contributed by atoms with Gasteiger partial charge in [0, 0.05) is 7.05 Å². The van der Waals surface area contributed by atoms with Gasteiger partial charge in [0.25, 0.3) is 0 Å². The van der Waals surface area contributed by atoms with Crippen LogP contribution in [0.2, 0.25) is 0 Å². The van der Waals surface area contributed by atoms with Crippen LogP contribution < -0.4 is 0 Å². The zero-order valence-corrected chi connectivity index (χ0v) is 4.16. The predicted molar refractivity (Wildman–Crippen MR) is 23.0 cm³/mol. The van der Waals surface area contributed by atoms with Crippen LogP contribution in [0.25, 0.3) is 0 Å². The molecule has 0 aliphatic heterocycles. The summed E-state index contributed by atoms with van der Waals surface area (Å²) in [6.45, 7) is 0.448. The van der Waals surface area contributed by atoms with E-state index in [1.165, 1.54) is 7.05 Å². The molecule has 0 bridgehead atoms. The van der Waals surface area contributed by atoms with E-state index in [1.54, 1.807) is 0 Å². The fourth-order valence-electron chi connectivity index (χ4n) is 0.173. The Morgan fingerprint density at radius 3 is 2.43 bits per heavy atom. The van der Waals surface area contributed by atoms with Gasteiger partial charge >= 0.3 is 0 Å². The molecular weight excluding hydrogens is 98.0 g/mol. The van der Waals surface area contributed by atoms with E-state index in [9.17, 15) is 0 Å². The Bertz CT molecular complexity index is 39.2. The molecular formula is C3H9NO3. The van der Waals surface area contributed by atoms with Crippen LogP contribution in [0, 0.1) is 0 Å². The lowest BCUT2D eigenvalue weighted by molar-refractivity contribution is -0.252. The van der Waals surface area contributed by atoms with Crippen molar-refractivity contribution in [1.29, 1.82) is 0 Å². The second-order valence-corrected chi connectivity index (χ2v) is 1.21. The molecule has 7 heavy (non-hydrogen) atoms. The first-order chi connectivity index (χ1) is 3.27. The molecule has 0 heterocycles. The first-order valence-electron chi connectivity index (χ1n) is 1.93. The molecule has 0 aliphatic rings. The SMILES string of the molecule is CN(O)CCOO. The van der Waals surface area contributed by atoms with E-state index in [0.29, 0.717) is 6.54 Å². The molecule has 0 aromatic heterocycles. The number of hydrogen-bond donors (Lipinski definition) is 2. The highest BCUT2D eigenvalue weighted by Gasteiger charge is 1.87. The van der Waals surface area contributed by atoms with Gasteiger partial charge in [-0.1, -0.05) is 0 Å². The van der Waals surface area contributed by atoms with Gasteiger partial charge in [0.2, 0.25) is 0 Å². The lowest BCUT2D eigenvalue weighted by atomic mass is 10.7. The molecule has 0 rings (SSSR count). The van der Waals surface area contributed by atoms with Crippen molar-refractivity contribution in [2.75, 3.05) is 20.2 Å². The fourth-order valence-corrected chi connectivity index (χ4v) is 0.173. The topological polar surface area (TPSA) is 52.9 Å². The molecule has 0 fully saturated rings. The van der Waals surface area contributed by atoms with Crippen LogP contribution in [-0.4, -0.2) is 35.7 Å². The van der Waals surface area contributed by atoms with Crippen LogP contribution >= 0.6 is 0 Å². The van der Waals surface area contributed by atoms with Crippen molar-refractivity contribution in [3.05, 3.63) is 0 Å². The molecule has 0 aromatic carbocycles. The minimum Gasteiger partial charge on any atom is -0.314 e. The highest BCUT2D eigenvalue weighted by Crippen LogP contribution is 1.70. The van der Waals surface area contributed by atoms with Gasteiger partial charge in [0.05, 0.1) is 13.2 Å². The molecule has 0 atom stereocenters. The molecule has 44 valence electrons. The zero-order valence-electron chi connectivity index (χ0n) is 4.16. The van der Waals surface area contributed by atoms with Crippen molar-refractivity contribution in [3.63, 3.8) is 0 Å². The van der Waals surface area contributed by atoms with E-state index in [-0.39, 0.29) is 6.61 Å². The van der Waals surface area contributed by atoms with Gasteiger partial charge in [0.15, 0.2) is 0 Å². The van der Waals surface area contributed by atoms with Crippen LogP contribution in [-0.2, 0) is 4.89 Å². The summed E-state index contributed by atoms with van der Waals surface area (Å²) in [5.41, 5.74) is 0. The van der Waals surface area contributed by atoms with E-state index < -0.39 is 0 Å². The number of likely N-dealkylation sites (N-methyl/N-ethyl adjacent to an activating group) is 1. The summed E-state index contributed by atoms with van der Waals surface area (Å²) in [5, 5.41) is 16.9. The Hall–Kier alpha value is -0.160. The summed E-state index contributed by atoms with van der Waals surface area (Å²) in [6, 6.07) is 0. The summed E-state index contributed by atoms with van der Waals surface area (Å²) >= 11 is 0. The second-order valence-electron chi connectivity index (χ2n) is 1.21. The zero-order chi connectivity index (χ0) is 5.70. The monoisotopic (exact) mass is 107 g/mol. The van der Waals surface area contributed by atoms with Crippen molar-refractivity contribution in [1.82, 2.24) is 5.06 Å². The van der Waals surface area contributed by atoms with Gasteiger partial charge in [0.1, 0.15) is 0 Å². The molecule has 0 spiro atoms. The molecule has 0 aliphatic carbocycles. The van der Waals surface area contributed by atoms with Crippen molar-refractivity contribution in [2.45, 2.75) is 0 Å². The van der Waals surface area contributed by atoms with Crippen LogP contribution in [0.1, 0.15) is 0 Å². The average Bonchev–Trinajstić information content (AvgIpc) is 1.61. The van der Waals surface area contributed by atoms with E-state index in [2.05, 4.69) is 4.89 Å². The Labute approximate surface area is 41.8 Å². The standard InChI is InChI=1S/C3H9NO3/c1-4(5)2-3-7-6/h5-6H,2-3H2,1H3. The summed E-state index contributed by atoms with van der Waals surface area (Å²) in [5.74, 6) is 0. The van der Waals surface area contributed by atoms with Crippen molar-refractivity contribution < 1.29 is 15.4 Å². The summed E-state index contributed by atoms with van der Waals surface area (Å²) in [7, 11) is 1.47. The number of hydroxylamine groups is 2. The lowest BCUT2D eigenvalue weighted by Gasteiger charge is -2.03. The van der Waals surface area contributed by atoms with Gasteiger partial charge in [-0.25, -0.2) is 4.89 Å². The minimum atomic E-state index is 0.132. The average molecular weight is 107 g/mol. The van der Waals surface area contributed by atoms with Crippen molar-refractivity contribution >= 4 is 0 Å². The molecule has 0 unspecified atom stereocenters. The largest absolute Gasteiger partial charge is 0.314 e. The summed E-state index contributed by atoms with van der Waals surface area (Å²) in [4.78, 5) is 3.65. The lowest BCUT2D eigenvalue weighted by Crippen LogP contribution is -2.17. The van der Waals surface area contributed by atoms with Gasteiger partial charge in [-0.2, -0.15) is 5.06 Å². The predicted octanol–water partition coefficient (Wildman–Crippen LogP) is -0.203. The maximum Gasteiger partial charge on any atom is 0.0969 e. The first kappa shape index (κ1) is 6.84. The molecule has 0 aromatic rings. The highest BCUT2D eigenvalue weighted by molar-refractivity contribution is 4.28. The van der Waals surface area contributed by atoms with Crippen molar-refractivity contribution in [3.8, 4) is 0 Å². The quantitative estimate of drug-likeness (QED) is 0.387. The van der Waals surface area contributed by atoms with Gasteiger partial charge in [-0.05, 0) is 0 Å². The van der Waals surface area contributed by atoms with Crippen LogP contribution in [0.4, 0.5) is 0 Å². The fraction of sp³-hybridized carbons (Fsp3) is 1.00. The molecule has 0 saturated heterocycles. The summed E-state index contributed by atoms with van der Waals surface area (Å²) < 4.78 is 0. The first-order valence-corrected chi connectivity index (χ1v) is 1.93. The third-order valence-electron chi connectivity index (χ3n) is 0.506. The maximum atomic E-state index is 8.33. The van der Waals surface area contributed by atoms with Gasteiger partial charge in [-0.3, -0.25) is 5.26 Å². The number of hydrogen-bond acceptors (Lipinski definition) is 4. The van der Waals surface area contributed by atoms with Crippen LogP contribution in [0.3, 0.4) is 0 Å². The molecule has 0 amide bonds.